The second-order valence-corrected chi connectivity index (χ2v) is 13.4. The van der Waals surface area contributed by atoms with Gasteiger partial charge in [-0.2, -0.15) is 4.31 Å². The van der Waals surface area contributed by atoms with Crippen LogP contribution in [0.5, 0.6) is 5.75 Å². The first-order valence-electron chi connectivity index (χ1n) is 16.0. The first-order chi connectivity index (χ1) is 24.2. The van der Waals surface area contributed by atoms with Crippen LogP contribution in [0.3, 0.4) is 0 Å². The van der Waals surface area contributed by atoms with Crippen LogP contribution < -0.4 is 21.1 Å². The molecule has 2 amide bonds. The average Bonchev–Trinajstić information content (AvgIpc) is 3.14. The standard InChI is InChI=1S/C37H40N4O8S/c1-47-30-15-17-31(18-16-30)50(45,46)41(19-21-42)20-22-48-35-24-29(27-7-3-2-4-8-27)23-34(49-35)37(44)39-25-26-11-13-28(14-12-26)36(43)40-33-10-6-5-9-32(33)38/h2-18,23,29,35,42H,19-22,24-25,38H2,1H3,(H,39,44)(H,40,43)/t29-,35+/m0/s1. The fourth-order valence-corrected chi connectivity index (χ4v) is 6.76. The summed E-state index contributed by atoms with van der Waals surface area (Å²) < 4.78 is 44.9. The van der Waals surface area contributed by atoms with Crippen molar-refractivity contribution < 1.29 is 37.3 Å². The Kier molecular flexibility index (Phi) is 12.2. The van der Waals surface area contributed by atoms with Crippen molar-refractivity contribution in [1.29, 1.82) is 0 Å². The largest absolute Gasteiger partial charge is 0.497 e. The number of sulfonamides is 1. The Bertz CT molecular complexity index is 1890. The van der Waals surface area contributed by atoms with E-state index >= 15 is 0 Å². The summed E-state index contributed by atoms with van der Waals surface area (Å²) in [6.45, 7) is -0.433. The number of aliphatic hydroxyl groups excluding tert-OH is 1. The van der Waals surface area contributed by atoms with Gasteiger partial charge < -0.3 is 35.7 Å². The highest BCUT2D eigenvalue weighted by Gasteiger charge is 2.30. The molecule has 5 N–H and O–H groups in total. The van der Waals surface area contributed by atoms with Crippen molar-refractivity contribution in [3.63, 3.8) is 0 Å². The number of methoxy groups -OCH3 is 1. The number of carbonyl (C=O) groups is 2. The molecule has 0 saturated heterocycles. The number of aliphatic hydroxyl groups is 1. The van der Waals surface area contributed by atoms with Crippen molar-refractivity contribution in [3.8, 4) is 5.75 Å². The van der Waals surface area contributed by atoms with Gasteiger partial charge in [-0.25, -0.2) is 8.42 Å². The number of carbonyl (C=O) groups excluding carboxylic acids is 2. The quantitative estimate of drug-likeness (QED) is 0.132. The lowest BCUT2D eigenvalue weighted by atomic mass is 9.93. The smallest absolute Gasteiger partial charge is 0.286 e. The first-order valence-corrected chi connectivity index (χ1v) is 17.4. The monoisotopic (exact) mass is 700 g/mol. The summed E-state index contributed by atoms with van der Waals surface area (Å²) in [4.78, 5) is 26.1. The molecule has 0 aromatic heterocycles. The molecule has 50 heavy (non-hydrogen) atoms. The third kappa shape index (κ3) is 9.27. The molecule has 0 unspecified atom stereocenters. The maximum atomic E-state index is 13.3. The van der Waals surface area contributed by atoms with Crippen LogP contribution in [0.1, 0.15) is 33.8 Å². The molecule has 1 heterocycles. The van der Waals surface area contributed by atoms with E-state index in [0.29, 0.717) is 29.1 Å². The molecular formula is C37H40N4O8S. The summed E-state index contributed by atoms with van der Waals surface area (Å²) >= 11 is 0. The van der Waals surface area contributed by atoms with Gasteiger partial charge in [0.2, 0.25) is 16.3 Å². The van der Waals surface area contributed by atoms with Crippen molar-refractivity contribution in [3.05, 3.63) is 132 Å². The normalized spacial score (nSPS) is 15.9. The van der Waals surface area contributed by atoms with E-state index in [-0.39, 0.29) is 55.3 Å². The Hall–Kier alpha value is -5.21. The SMILES string of the molecule is COc1ccc(S(=O)(=O)N(CCO)CCO[C@H]2C[C@@H](c3ccccc3)C=C(C(=O)NCc3ccc(C(=O)Nc4ccccc4N)cc3)O2)cc1. The zero-order valence-electron chi connectivity index (χ0n) is 27.5. The van der Waals surface area contributed by atoms with Gasteiger partial charge in [0.05, 0.1) is 36.6 Å². The second kappa shape index (κ2) is 16.9. The minimum Gasteiger partial charge on any atom is -0.497 e. The number of rotatable bonds is 15. The van der Waals surface area contributed by atoms with Crippen molar-refractivity contribution in [2.45, 2.75) is 30.1 Å². The Morgan fingerprint density at radius 2 is 1.62 bits per heavy atom. The van der Waals surface area contributed by atoms with E-state index in [0.717, 1.165) is 15.4 Å². The fourth-order valence-electron chi connectivity index (χ4n) is 5.35. The van der Waals surface area contributed by atoms with E-state index in [1.54, 1.807) is 66.7 Å². The van der Waals surface area contributed by atoms with Crippen molar-refractivity contribution in [2.75, 3.05) is 44.5 Å². The summed E-state index contributed by atoms with van der Waals surface area (Å²) in [5.74, 6) is -0.378. The van der Waals surface area contributed by atoms with Crippen LogP contribution in [0, 0.1) is 0 Å². The molecule has 4 aromatic carbocycles. The number of hydrogen-bond acceptors (Lipinski definition) is 9. The molecule has 262 valence electrons. The zero-order valence-corrected chi connectivity index (χ0v) is 28.3. The Labute approximate surface area is 291 Å². The van der Waals surface area contributed by atoms with Crippen LogP contribution in [-0.2, 0) is 30.8 Å². The fraction of sp³-hybridized carbons (Fsp3) is 0.243. The summed E-state index contributed by atoms with van der Waals surface area (Å²) in [5.41, 5.74) is 9.07. The highest BCUT2D eigenvalue weighted by molar-refractivity contribution is 7.89. The highest BCUT2D eigenvalue weighted by atomic mass is 32.2. The van der Waals surface area contributed by atoms with Gasteiger partial charge in [-0.05, 0) is 65.7 Å². The number of nitrogens with two attached hydrogens (primary N) is 1. The van der Waals surface area contributed by atoms with Crippen LogP contribution in [0.25, 0.3) is 0 Å². The molecule has 4 aromatic rings. The third-order valence-corrected chi connectivity index (χ3v) is 9.99. The van der Waals surface area contributed by atoms with Gasteiger partial charge in [-0.1, -0.05) is 54.6 Å². The summed E-state index contributed by atoms with van der Waals surface area (Å²) in [5, 5.41) is 15.3. The Morgan fingerprint density at radius 1 is 0.920 bits per heavy atom. The molecule has 0 aliphatic carbocycles. The van der Waals surface area contributed by atoms with E-state index in [1.807, 2.05) is 30.3 Å². The van der Waals surface area contributed by atoms with E-state index in [9.17, 15) is 23.1 Å². The van der Waals surface area contributed by atoms with Crippen LogP contribution >= 0.6 is 0 Å². The molecule has 1 aliphatic rings. The van der Waals surface area contributed by atoms with Crippen molar-refractivity contribution in [1.82, 2.24) is 9.62 Å². The lowest BCUT2D eigenvalue weighted by Gasteiger charge is -2.30. The number of ether oxygens (including phenoxy) is 3. The first kappa shape index (κ1) is 36.1. The number of nitrogen functional groups attached to an aromatic ring is 1. The molecule has 5 rings (SSSR count). The van der Waals surface area contributed by atoms with Gasteiger partial charge in [0.15, 0.2) is 5.76 Å². The Morgan fingerprint density at radius 3 is 2.30 bits per heavy atom. The molecule has 2 atom stereocenters. The van der Waals surface area contributed by atoms with Gasteiger partial charge >= 0.3 is 0 Å². The van der Waals surface area contributed by atoms with Crippen LogP contribution in [0.4, 0.5) is 11.4 Å². The molecule has 0 bridgehead atoms. The average molecular weight is 701 g/mol. The van der Waals surface area contributed by atoms with Gasteiger partial charge in [-0.15, -0.1) is 0 Å². The van der Waals surface area contributed by atoms with Gasteiger partial charge in [-0.3, -0.25) is 9.59 Å². The molecule has 0 saturated carbocycles. The van der Waals surface area contributed by atoms with Crippen molar-refractivity contribution in [2.24, 2.45) is 0 Å². The van der Waals surface area contributed by atoms with Crippen LogP contribution in [0.15, 0.2) is 120 Å². The van der Waals surface area contributed by atoms with E-state index in [2.05, 4.69) is 10.6 Å². The molecule has 0 fully saturated rings. The second-order valence-electron chi connectivity index (χ2n) is 11.4. The molecule has 1 aliphatic heterocycles. The maximum Gasteiger partial charge on any atom is 0.286 e. The predicted octanol–water partition coefficient (Wildman–Crippen LogP) is 4.26. The number of benzene rings is 4. The Balaban J connectivity index is 1.21. The molecular weight excluding hydrogens is 660 g/mol. The number of allylic oxidation sites excluding steroid dienone is 1. The zero-order chi connectivity index (χ0) is 35.5. The minimum absolute atomic E-state index is 0.0484. The number of nitrogens with one attached hydrogen (secondary N) is 2. The van der Waals surface area contributed by atoms with E-state index in [1.165, 1.54) is 19.2 Å². The maximum absolute atomic E-state index is 13.3. The minimum atomic E-state index is -3.93. The van der Waals surface area contributed by atoms with E-state index in [4.69, 9.17) is 19.9 Å². The number of hydrogen-bond donors (Lipinski definition) is 4. The van der Waals surface area contributed by atoms with Crippen LogP contribution in [-0.4, -0.2) is 69.3 Å². The molecule has 12 nitrogen and oxygen atoms in total. The lowest BCUT2D eigenvalue weighted by molar-refractivity contribution is -0.146. The number of para-hydroxylation sites is 2. The summed E-state index contributed by atoms with van der Waals surface area (Å²) in [7, 11) is -2.44. The summed E-state index contributed by atoms with van der Waals surface area (Å²) in [6.07, 6.45) is 1.30. The number of amides is 2. The molecule has 0 spiro atoms. The third-order valence-electron chi connectivity index (χ3n) is 8.08. The van der Waals surface area contributed by atoms with Gasteiger partial charge in [0, 0.05) is 37.5 Å². The lowest BCUT2D eigenvalue weighted by Crippen LogP contribution is -2.38. The topological polar surface area (TPSA) is 170 Å². The predicted molar refractivity (Wildman–Crippen MR) is 189 cm³/mol. The number of nitrogens with zero attached hydrogens (tertiary/aromatic N) is 1. The van der Waals surface area contributed by atoms with E-state index < -0.39 is 22.2 Å². The molecule has 0 radical (unpaired) electrons. The van der Waals surface area contributed by atoms with Gasteiger partial charge in [0.1, 0.15) is 5.75 Å². The highest BCUT2D eigenvalue weighted by Crippen LogP contribution is 2.31. The van der Waals surface area contributed by atoms with Gasteiger partial charge in [0.25, 0.3) is 11.8 Å². The van der Waals surface area contributed by atoms with Crippen molar-refractivity contribution >= 4 is 33.2 Å². The van der Waals surface area contributed by atoms with Crippen LogP contribution in [0.2, 0.25) is 0 Å². The number of anilines is 2. The molecule has 13 heteroatoms. The summed E-state index contributed by atoms with van der Waals surface area (Å²) in [6, 6.07) is 29.4.